The average Bonchev–Trinajstić information content (AvgIpc) is 2.47. The van der Waals surface area contributed by atoms with Crippen LogP contribution in [0, 0.1) is 0 Å². The highest BCUT2D eigenvalue weighted by atomic mass is 16.5. The largest absolute Gasteiger partial charge is 0.444 e. The Kier molecular flexibility index (Phi) is 3.53. The molecule has 0 fully saturated rings. The summed E-state index contributed by atoms with van der Waals surface area (Å²) in [6, 6.07) is 17.9. The molecule has 18 heavy (non-hydrogen) atoms. The van der Waals surface area contributed by atoms with E-state index in [9.17, 15) is 9.59 Å². The summed E-state index contributed by atoms with van der Waals surface area (Å²) in [6.07, 6.45) is 0.645. The molecule has 0 saturated carbocycles. The lowest BCUT2D eigenvalue weighted by Crippen LogP contribution is -2.32. The van der Waals surface area contributed by atoms with Crippen LogP contribution in [0.4, 0.5) is 0 Å². The van der Waals surface area contributed by atoms with Crippen molar-refractivity contribution in [1.29, 1.82) is 0 Å². The Hall–Kier alpha value is -2.42. The Labute approximate surface area is 105 Å². The van der Waals surface area contributed by atoms with Crippen LogP contribution in [0.1, 0.15) is 11.1 Å². The van der Waals surface area contributed by atoms with Crippen molar-refractivity contribution in [1.82, 2.24) is 0 Å². The first-order valence-corrected chi connectivity index (χ1v) is 5.52. The maximum atomic E-state index is 11.5. The molecule has 0 aromatic heterocycles. The van der Waals surface area contributed by atoms with Gasteiger partial charge in [-0.2, -0.15) is 0 Å². The first-order chi connectivity index (χ1) is 8.83. The van der Waals surface area contributed by atoms with Crippen molar-refractivity contribution < 1.29 is 14.3 Å². The summed E-state index contributed by atoms with van der Waals surface area (Å²) in [4.78, 5) is 22.3. The van der Waals surface area contributed by atoms with Gasteiger partial charge in [-0.1, -0.05) is 60.7 Å². The van der Waals surface area contributed by atoms with Crippen molar-refractivity contribution in [2.24, 2.45) is 0 Å². The van der Waals surface area contributed by atoms with Crippen LogP contribution in [-0.4, -0.2) is 12.8 Å². The number of carbonyl (C=O) groups is 2. The van der Waals surface area contributed by atoms with E-state index in [2.05, 4.69) is 0 Å². The molecule has 3 heteroatoms. The first kappa shape index (κ1) is 12.0. The molecular weight excluding hydrogens is 228 g/mol. The van der Waals surface area contributed by atoms with E-state index in [1.54, 1.807) is 48.5 Å². The highest BCUT2D eigenvalue weighted by molar-refractivity contribution is 5.74. The second kappa shape index (κ2) is 5.27. The van der Waals surface area contributed by atoms with E-state index in [0.717, 1.165) is 0 Å². The van der Waals surface area contributed by atoms with Crippen molar-refractivity contribution >= 4 is 12.8 Å². The van der Waals surface area contributed by atoms with Crippen LogP contribution in [0.3, 0.4) is 0 Å². The molecule has 2 aromatic rings. The van der Waals surface area contributed by atoms with E-state index in [-0.39, 0.29) is 0 Å². The van der Waals surface area contributed by atoms with Gasteiger partial charge in [-0.25, -0.2) is 0 Å². The van der Waals surface area contributed by atoms with E-state index >= 15 is 0 Å². The van der Waals surface area contributed by atoms with Gasteiger partial charge in [0.25, 0.3) is 6.47 Å². The quantitative estimate of drug-likeness (QED) is 0.753. The summed E-state index contributed by atoms with van der Waals surface area (Å²) in [5.74, 6) is 0. The second-order valence-corrected chi connectivity index (χ2v) is 3.80. The highest BCUT2D eigenvalue weighted by Gasteiger charge is 2.36. The number of rotatable bonds is 5. The number of carbonyl (C=O) groups excluding carboxylic acids is 2. The van der Waals surface area contributed by atoms with E-state index in [1.165, 1.54) is 0 Å². The summed E-state index contributed by atoms with van der Waals surface area (Å²) in [5, 5.41) is 0. The van der Waals surface area contributed by atoms with Crippen LogP contribution < -0.4 is 0 Å². The summed E-state index contributed by atoms with van der Waals surface area (Å²) >= 11 is 0. The number of hydrogen-bond acceptors (Lipinski definition) is 3. The lowest BCUT2D eigenvalue weighted by molar-refractivity contribution is -0.146. The average molecular weight is 240 g/mol. The molecule has 0 amide bonds. The molecule has 0 unspecified atom stereocenters. The van der Waals surface area contributed by atoms with Crippen molar-refractivity contribution in [3.05, 3.63) is 71.8 Å². The minimum Gasteiger partial charge on any atom is -0.444 e. The van der Waals surface area contributed by atoms with Gasteiger partial charge in [0.2, 0.25) is 5.60 Å². The molecule has 0 atom stereocenters. The number of hydrogen-bond donors (Lipinski definition) is 0. The second-order valence-electron chi connectivity index (χ2n) is 3.80. The fraction of sp³-hybridized carbons (Fsp3) is 0.0667. The summed E-state index contributed by atoms with van der Waals surface area (Å²) in [6.45, 7) is 0.300. The van der Waals surface area contributed by atoms with Crippen LogP contribution >= 0.6 is 0 Å². The fourth-order valence-corrected chi connectivity index (χ4v) is 1.91. The van der Waals surface area contributed by atoms with Crippen LogP contribution in [0.25, 0.3) is 0 Å². The maximum absolute atomic E-state index is 11.5. The summed E-state index contributed by atoms with van der Waals surface area (Å²) in [7, 11) is 0. The predicted molar refractivity (Wildman–Crippen MR) is 66.9 cm³/mol. The van der Waals surface area contributed by atoms with E-state index in [0.29, 0.717) is 23.9 Å². The standard InChI is InChI=1S/C15H12O3/c16-11-15(18-12-17,13-7-3-1-4-8-13)14-9-5-2-6-10-14/h1-12H. The number of ether oxygens (including phenoxy) is 1. The van der Waals surface area contributed by atoms with Crippen LogP contribution in [0.15, 0.2) is 60.7 Å². The molecule has 0 heterocycles. The molecule has 0 N–H and O–H groups in total. The van der Waals surface area contributed by atoms with Crippen LogP contribution in [-0.2, 0) is 19.9 Å². The van der Waals surface area contributed by atoms with Crippen molar-refractivity contribution in [3.63, 3.8) is 0 Å². The SMILES string of the molecule is O=COC(C=O)(c1ccccc1)c1ccccc1. The van der Waals surface area contributed by atoms with Gasteiger partial charge in [0.15, 0.2) is 6.29 Å². The lowest BCUT2D eigenvalue weighted by Gasteiger charge is -2.27. The van der Waals surface area contributed by atoms with Gasteiger partial charge in [-0.3, -0.25) is 9.59 Å². The third kappa shape index (κ3) is 2.02. The normalized spacial score (nSPS) is 10.7. The van der Waals surface area contributed by atoms with Gasteiger partial charge in [0.05, 0.1) is 0 Å². The van der Waals surface area contributed by atoms with Crippen molar-refractivity contribution in [3.8, 4) is 0 Å². The third-order valence-electron chi connectivity index (χ3n) is 2.81. The van der Waals surface area contributed by atoms with Gasteiger partial charge >= 0.3 is 0 Å². The predicted octanol–water partition coefficient (Wildman–Crippen LogP) is 2.30. The molecule has 3 nitrogen and oxygen atoms in total. The maximum Gasteiger partial charge on any atom is 0.294 e. The first-order valence-electron chi connectivity index (χ1n) is 5.52. The Balaban J connectivity index is 2.60. The van der Waals surface area contributed by atoms with E-state index in [1.807, 2.05) is 12.1 Å². The van der Waals surface area contributed by atoms with Gasteiger partial charge < -0.3 is 4.74 Å². The van der Waals surface area contributed by atoms with Crippen molar-refractivity contribution in [2.45, 2.75) is 5.60 Å². The lowest BCUT2D eigenvalue weighted by atomic mass is 9.87. The molecule has 0 radical (unpaired) electrons. The Morgan fingerprint density at radius 2 is 1.22 bits per heavy atom. The van der Waals surface area contributed by atoms with Gasteiger partial charge in [-0.05, 0) is 0 Å². The molecule has 2 aromatic carbocycles. The zero-order valence-corrected chi connectivity index (χ0v) is 9.65. The molecule has 0 bridgehead atoms. The molecule has 0 spiro atoms. The molecule has 2 rings (SSSR count). The minimum atomic E-state index is -1.37. The zero-order chi connectivity index (χ0) is 12.8. The van der Waals surface area contributed by atoms with Crippen LogP contribution in [0.2, 0.25) is 0 Å². The Morgan fingerprint density at radius 1 is 0.778 bits per heavy atom. The topological polar surface area (TPSA) is 43.4 Å². The molecule has 0 aliphatic heterocycles. The van der Waals surface area contributed by atoms with E-state index in [4.69, 9.17) is 4.74 Å². The van der Waals surface area contributed by atoms with E-state index < -0.39 is 5.60 Å². The van der Waals surface area contributed by atoms with Gasteiger partial charge in [-0.15, -0.1) is 0 Å². The molecular formula is C15H12O3. The van der Waals surface area contributed by atoms with Crippen molar-refractivity contribution in [2.75, 3.05) is 0 Å². The van der Waals surface area contributed by atoms with Crippen LogP contribution in [0.5, 0.6) is 0 Å². The summed E-state index contributed by atoms with van der Waals surface area (Å²) < 4.78 is 5.10. The highest BCUT2D eigenvalue weighted by Crippen LogP contribution is 2.30. The molecule has 0 aliphatic rings. The molecule has 90 valence electrons. The monoisotopic (exact) mass is 240 g/mol. The molecule has 0 saturated heterocycles. The van der Waals surface area contributed by atoms with Gasteiger partial charge in [0, 0.05) is 11.1 Å². The molecule has 0 aliphatic carbocycles. The Morgan fingerprint density at radius 3 is 1.56 bits per heavy atom. The summed E-state index contributed by atoms with van der Waals surface area (Å²) in [5.41, 5.74) is -0.124. The fourth-order valence-electron chi connectivity index (χ4n) is 1.91. The third-order valence-corrected chi connectivity index (χ3v) is 2.81. The Bertz CT molecular complexity index is 480. The zero-order valence-electron chi connectivity index (χ0n) is 9.65. The number of aldehydes is 1. The van der Waals surface area contributed by atoms with Gasteiger partial charge in [0.1, 0.15) is 0 Å². The smallest absolute Gasteiger partial charge is 0.294 e. The number of benzene rings is 2. The minimum absolute atomic E-state index is 0.300.